The van der Waals surface area contributed by atoms with E-state index in [4.69, 9.17) is 4.74 Å². The van der Waals surface area contributed by atoms with Crippen LogP contribution in [0, 0.1) is 0 Å². The highest BCUT2D eigenvalue weighted by molar-refractivity contribution is 6.05. The topological polar surface area (TPSA) is 60.3 Å². The van der Waals surface area contributed by atoms with Gasteiger partial charge >= 0.3 is 5.97 Å². The lowest BCUT2D eigenvalue weighted by molar-refractivity contribution is -0.119. The minimum Gasteiger partial charge on any atom is -0.452 e. The minimum atomic E-state index is -0.520. The molecule has 4 rings (SSSR count). The lowest BCUT2D eigenvalue weighted by Gasteiger charge is -2.11. The summed E-state index contributed by atoms with van der Waals surface area (Å²) >= 11 is 0. The Balaban J connectivity index is 1.45. The number of carbonyl (C=O) groups is 2. The zero-order valence-corrected chi connectivity index (χ0v) is 16.0. The highest BCUT2D eigenvalue weighted by Gasteiger charge is 2.17. The predicted molar refractivity (Wildman–Crippen MR) is 114 cm³/mol. The van der Waals surface area contributed by atoms with Crippen molar-refractivity contribution < 1.29 is 14.3 Å². The van der Waals surface area contributed by atoms with E-state index in [2.05, 4.69) is 5.32 Å². The molecule has 3 aromatic carbocycles. The molecule has 0 spiro atoms. The lowest BCUT2D eigenvalue weighted by atomic mass is 10.0. The zero-order chi connectivity index (χ0) is 20.2. The zero-order valence-electron chi connectivity index (χ0n) is 16.0. The summed E-state index contributed by atoms with van der Waals surface area (Å²) < 4.78 is 7.13. The van der Waals surface area contributed by atoms with Crippen molar-refractivity contribution in [2.45, 2.75) is 0 Å². The molecule has 1 aromatic heterocycles. The number of nitrogens with one attached hydrogen (secondary N) is 1. The highest BCUT2D eigenvalue weighted by atomic mass is 16.5. The van der Waals surface area contributed by atoms with Gasteiger partial charge in [0.05, 0.1) is 5.56 Å². The van der Waals surface area contributed by atoms with Crippen LogP contribution in [0.25, 0.3) is 22.0 Å². The number of carbonyl (C=O) groups excluding carboxylic acids is 2. The number of aryl methyl sites for hydroxylation is 1. The Morgan fingerprint density at radius 1 is 0.897 bits per heavy atom. The SMILES string of the molecule is Cn1cc(C(=O)OCC(=O)Nc2ccccc2-c2ccccc2)c2ccccc21. The van der Waals surface area contributed by atoms with Crippen LogP contribution in [-0.4, -0.2) is 23.1 Å². The molecular formula is C24H20N2O3. The number of anilines is 1. The summed E-state index contributed by atoms with van der Waals surface area (Å²) in [6.07, 6.45) is 1.72. The van der Waals surface area contributed by atoms with Gasteiger partial charge in [-0.15, -0.1) is 0 Å². The first-order valence-electron chi connectivity index (χ1n) is 9.29. The molecule has 0 aliphatic rings. The normalized spacial score (nSPS) is 10.7. The molecule has 0 bridgehead atoms. The summed E-state index contributed by atoms with van der Waals surface area (Å²) in [4.78, 5) is 24.9. The Morgan fingerprint density at radius 2 is 1.59 bits per heavy atom. The van der Waals surface area contributed by atoms with E-state index in [9.17, 15) is 9.59 Å². The largest absolute Gasteiger partial charge is 0.452 e. The van der Waals surface area contributed by atoms with E-state index in [1.165, 1.54) is 0 Å². The fourth-order valence-corrected chi connectivity index (χ4v) is 3.36. The Morgan fingerprint density at radius 3 is 2.41 bits per heavy atom. The molecule has 5 nitrogen and oxygen atoms in total. The molecule has 1 N–H and O–H groups in total. The molecular weight excluding hydrogens is 364 g/mol. The van der Waals surface area contributed by atoms with Gasteiger partial charge in [-0.1, -0.05) is 66.7 Å². The number of esters is 1. The fourth-order valence-electron chi connectivity index (χ4n) is 3.36. The van der Waals surface area contributed by atoms with Crippen molar-refractivity contribution in [3.05, 3.63) is 90.6 Å². The minimum absolute atomic E-state index is 0.356. The van der Waals surface area contributed by atoms with E-state index in [1.54, 1.807) is 6.20 Å². The predicted octanol–water partition coefficient (Wildman–Crippen LogP) is 4.64. The van der Waals surface area contributed by atoms with Gasteiger partial charge in [0.15, 0.2) is 6.61 Å². The number of hydrogen-bond donors (Lipinski definition) is 1. The Kier molecular flexibility index (Phi) is 5.12. The van der Waals surface area contributed by atoms with Gasteiger partial charge in [-0.25, -0.2) is 4.79 Å². The molecule has 1 amide bonds. The van der Waals surface area contributed by atoms with Crippen molar-refractivity contribution >= 4 is 28.5 Å². The van der Waals surface area contributed by atoms with Gasteiger partial charge in [-0.05, 0) is 17.7 Å². The van der Waals surface area contributed by atoms with Crippen LogP contribution in [0.3, 0.4) is 0 Å². The molecule has 0 fully saturated rings. The lowest BCUT2D eigenvalue weighted by Crippen LogP contribution is -2.21. The van der Waals surface area contributed by atoms with Crippen molar-refractivity contribution in [3.63, 3.8) is 0 Å². The van der Waals surface area contributed by atoms with E-state index < -0.39 is 5.97 Å². The van der Waals surface area contributed by atoms with Crippen molar-refractivity contribution in [1.29, 1.82) is 0 Å². The van der Waals surface area contributed by atoms with Crippen molar-refractivity contribution in [2.24, 2.45) is 7.05 Å². The second-order valence-corrected chi connectivity index (χ2v) is 6.71. The molecule has 1 heterocycles. The maximum Gasteiger partial charge on any atom is 0.340 e. The molecule has 0 aliphatic carbocycles. The summed E-state index contributed by atoms with van der Waals surface area (Å²) in [7, 11) is 1.87. The molecule has 0 unspecified atom stereocenters. The van der Waals surface area contributed by atoms with Crippen LogP contribution in [0.5, 0.6) is 0 Å². The number of amides is 1. The molecule has 0 saturated heterocycles. The third-order valence-electron chi connectivity index (χ3n) is 4.74. The first kappa shape index (κ1) is 18.5. The van der Waals surface area contributed by atoms with Gasteiger partial charge in [-0.2, -0.15) is 0 Å². The summed E-state index contributed by atoms with van der Waals surface area (Å²) in [5.41, 5.74) is 3.95. The highest BCUT2D eigenvalue weighted by Crippen LogP contribution is 2.27. The smallest absolute Gasteiger partial charge is 0.340 e. The number of hydrogen-bond acceptors (Lipinski definition) is 3. The van der Waals surface area contributed by atoms with Gasteiger partial charge in [0, 0.05) is 35.4 Å². The molecule has 144 valence electrons. The van der Waals surface area contributed by atoms with Gasteiger partial charge in [-0.3, -0.25) is 4.79 Å². The van der Waals surface area contributed by atoms with Crippen LogP contribution in [0.1, 0.15) is 10.4 Å². The van der Waals surface area contributed by atoms with Gasteiger partial charge in [0.2, 0.25) is 0 Å². The quantitative estimate of drug-likeness (QED) is 0.510. The monoisotopic (exact) mass is 384 g/mol. The maximum atomic E-state index is 12.5. The molecule has 4 aromatic rings. The number of benzene rings is 3. The number of para-hydroxylation sites is 2. The summed E-state index contributed by atoms with van der Waals surface area (Å²) in [6.45, 7) is -0.356. The van der Waals surface area contributed by atoms with Crippen LogP contribution >= 0.6 is 0 Å². The van der Waals surface area contributed by atoms with E-state index in [0.29, 0.717) is 11.3 Å². The maximum absolute atomic E-state index is 12.5. The van der Waals surface area contributed by atoms with E-state index in [0.717, 1.165) is 22.0 Å². The average molecular weight is 384 g/mol. The van der Waals surface area contributed by atoms with Crippen molar-refractivity contribution in [1.82, 2.24) is 4.57 Å². The Bertz CT molecular complexity index is 1180. The summed E-state index contributed by atoms with van der Waals surface area (Å²) in [5.74, 6) is -0.907. The third kappa shape index (κ3) is 3.89. The fraction of sp³-hybridized carbons (Fsp3) is 0.0833. The third-order valence-corrected chi connectivity index (χ3v) is 4.74. The van der Waals surface area contributed by atoms with E-state index in [-0.39, 0.29) is 12.5 Å². The number of ether oxygens (including phenoxy) is 1. The van der Waals surface area contributed by atoms with Gasteiger partial charge in [0.25, 0.3) is 5.91 Å². The van der Waals surface area contributed by atoms with Crippen LogP contribution in [0.2, 0.25) is 0 Å². The molecule has 0 radical (unpaired) electrons. The summed E-state index contributed by atoms with van der Waals surface area (Å²) in [6, 6.07) is 24.9. The molecule has 5 heteroatoms. The number of aromatic nitrogens is 1. The first-order chi connectivity index (χ1) is 14.1. The second kappa shape index (κ2) is 8.02. The molecule has 0 saturated carbocycles. The first-order valence-corrected chi connectivity index (χ1v) is 9.29. The van der Waals surface area contributed by atoms with E-state index in [1.807, 2.05) is 90.5 Å². The molecule has 0 aliphatic heterocycles. The van der Waals surface area contributed by atoms with Crippen LogP contribution in [-0.2, 0) is 16.6 Å². The van der Waals surface area contributed by atoms with E-state index >= 15 is 0 Å². The van der Waals surface area contributed by atoms with Crippen LogP contribution in [0.15, 0.2) is 85.1 Å². The standard InChI is InChI=1S/C24H20N2O3/c1-26-15-20(19-12-6-8-14-22(19)26)24(28)29-16-23(27)25-21-13-7-5-11-18(21)17-9-3-2-4-10-17/h2-15H,16H2,1H3,(H,25,27). The van der Waals surface area contributed by atoms with Gasteiger partial charge in [0.1, 0.15) is 0 Å². The van der Waals surface area contributed by atoms with Crippen molar-refractivity contribution in [2.75, 3.05) is 11.9 Å². The number of fused-ring (bicyclic) bond motifs is 1. The number of nitrogens with zero attached hydrogens (tertiary/aromatic N) is 1. The molecule has 29 heavy (non-hydrogen) atoms. The molecule has 0 atom stereocenters. The van der Waals surface area contributed by atoms with Crippen molar-refractivity contribution in [3.8, 4) is 11.1 Å². The van der Waals surface area contributed by atoms with Gasteiger partial charge < -0.3 is 14.6 Å². The second-order valence-electron chi connectivity index (χ2n) is 6.71. The van der Waals surface area contributed by atoms with Crippen LogP contribution < -0.4 is 5.32 Å². The number of rotatable bonds is 5. The summed E-state index contributed by atoms with van der Waals surface area (Å²) in [5, 5.41) is 3.64. The Hall–Kier alpha value is -3.86. The Labute approximate surface area is 168 Å². The van der Waals surface area contributed by atoms with Crippen LogP contribution in [0.4, 0.5) is 5.69 Å². The average Bonchev–Trinajstić information content (AvgIpc) is 3.10.